The van der Waals surface area contributed by atoms with Gasteiger partial charge in [-0.2, -0.15) is 0 Å². The number of rotatable bonds is 2. The van der Waals surface area contributed by atoms with Crippen molar-refractivity contribution in [2.45, 2.75) is 30.8 Å². The molecular formula is C7H14O5. The largest absolute Gasteiger partial charge is 0.396 e. The van der Waals surface area contributed by atoms with Crippen LogP contribution in [-0.2, 0) is 0 Å². The lowest BCUT2D eigenvalue weighted by molar-refractivity contribution is -0.298. The third kappa shape index (κ3) is 0.982. The molecular weight excluding hydrogens is 164 g/mol. The molecule has 1 aliphatic carbocycles. The van der Waals surface area contributed by atoms with Gasteiger partial charge in [0, 0.05) is 5.92 Å². The molecule has 1 rings (SSSR count). The lowest BCUT2D eigenvalue weighted by Gasteiger charge is -2.54. The Morgan fingerprint density at radius 3 is 2.17 bits per heavy atom. The smallest absolute Gasteiger partial charge is 0.126 e. The van der Waals surface area contributed by atoms with Crippen LogP contribution in [0.15, 0.2) is 0 Å². The molecule has 72 valence electrons. The van der Waals surface area contributed by atoms with Crippen molar-refractivity contribution >= 4 is 0 Å². The van der Waals surface area contributed by atoms with Crippen molar-refractivity contribution in [3.63, 3.8) is 0 Å². The van der Waals surface area contributed by atoms with Crippen LogP contribution in [0.1, 0.15) is 6.92 Å². The highest BCUT2D eigenvalue weighted by atomic mass is 16.4. The number of aliphatic hydroxyl groups is 5. The average molecular weight is 178 g/mol. The van der Waals surface area contributed by atoms with Gasteiger partial charge in [-0.3, -0.25) is 0 Å². The summed E-state index contributed by atoms with van der Waals surface area (Å²) in [4.78, 5) is 0. The summed E-state index contributed by atoms with van der Waals surface area (Å²) in [6, 6.07) is 0. The van der Waals surface area contributed by atoms with Gasteiger partial charge in [0.15, 0.2) is 0 Å². The molecule has 0 bridgehead atoms. The quantitative estimate of drug-likeness (QED) is 0.320. The Balaban J connectivity index is 2.76. The van der Waals surface area contributed by atoms with E-state index in [1.165, 1.54) is 6.92 Å². The van der Waals surface area contributed by atoms with Gasteiger partial charge in [-0.05, 0) is 6.92 Å². The topological polar surface area (TPSA) is 101 Å². The summed E-state index contributed by atoms with van der Waals surface area (Å²) in [7, 11) is 0. The van der Waals surface area contributed by atoms with E-state index >= 15 is 0 Å². The summed E-state index contributed by atoms with van der Waals surface area (Å²) < 4.78 is 0. The van der Waals surface area contributed by atoms with Crippen LogP contribution in [0, 0.1) is 5.92 Å². The van der Waals surface area contributed by atoms with Crippen LogP contribution < -0.4 is 0 Å². The van der Waals surface area contributed by atoms with Gasteiger partial charge in [0.25, 0.3) is 0 Å². The van der Waals surface area contributed by atoms with Crippen molar-refractivity contribution in [2.24, 2.45) is 5.92 Å². The molecule has 0 aromatic carbocycles. The fourth-order valence-electron chi connectivity index (χ4n) is 1.68. The van der Waals surface area contributed by atoms with Gasteiger partial charge < -0.3 is 25.5 Å². The van der Waals surface area contributed by atoms with Gasteiger partial charge in [0.05, 0.1) is 18.8 Å². The van der Waals surface area contributed by atoms with E-state index in [1.807, 2.05) is 0 Å². The highest BCUT2D eigenvalue weighted by Gasteiger charge is 2.62. The SMILES string of the molecule is C[C@@H](O)C1(O)C(O)C(O)C1CO. The summed E-state index contributed by atoms with van der Waals surface area (Å²) >= 11 is 0. The summed E-state index contributed by atoms with van der Waals surface area (Å²) in [5.41, 5.74) is -1.77. The van der Waals surface area contributed by atoms with Crippen molar-refractivity contribution in [1.82, 2.24) is 0 Å². The molecule has 0 spiro atoms. The van der Waals surface area contributed by atoms with Crippen molar-refractivity contribution in [3.8, 4) is 0 Å². The van der Waals surface area contributed by atoms with Crippen molar-refractivity contribution < 1.29 is 25.5 Å². The minimum Gasteiger partial charge on any atom is -0.396 e. The van der Waals surface area contributed by atoms with E-state index in [9.17, 15) is 5.11 Å². The molecule has 5 atom stereocenters. The van der Waals surface area contributed by atoms with E-state index in [2.05, 4.69) is 0 Å². The Labute approximate surface area is 69.9 Å². The van der Waals surface area contributed by atoms with Gasteiger partial charge in [0.1, 0.15) is 11.7 Å². The third-order valence-electron chi connectivity index (χ3n) is 2.67. The van der Waals surface area contributed by atoms with E-state index in [4.69, 9.17) is 20.4 Å². The number of hydrogen-bond acceptors (Lipinski definition) is 5. The van der Waals surface area contributed by atoms with Crippen LogP contribution in [0.25, 0.3) is 0 Å². The van der Waals surface area contributed by atoms with Gasteiger partial charge in [0.2, 0.25) is 0 Å². The molecule has 5 heteroatoms. The molecule has 0 heterocycles. The molecule has 1 fully saturated rings. The lowest BCUT2D eigenvalue weighted by atomic mass is 9.62. The highest BCUT2D eigenvalue weighted by Crippen LogP contribution is 2.41. The Hall–Kier alpha value is -0.200. The van der Waals surface area contributed by atoms with Crippen LogP contribution in [0.2, 0.25) is 0 Å². The summed E-state index contributed by atoms with van der Waals surface area (Å²) in [5, 5.41) is 45.6. The molecule has 1 aliphatic rings. The lowest BCUT2D eigenvalue weighted by Crippen LogP contribution is -2.75. The Morgan fingerprint density at radius 2 is 1.92 bits per heavy atom. The molecule has 5 nitrogen and oxygen atoms in total. The monoisotopic (exact) mass is 178 g/mol. The second-order valence-electron chi connectivity index (χ2n) is 3.29. The highest BCUT2D eigenvalue weighted by molar-refractivity contribution is 5.12. The number of hydrogen-bond donors (Lipinski definition) is 5. The zero-order valence-electron chi connectivity index (χ0n) is 6.75. The third-order valence-corrected chi connectivity index (χ3v) is 2.67. The summed E-state index contributed by atoms with van der Waals surface area (Å²) in [6.07, 6.45) is -3.71. The first-order valence-corrected chi connectivity index (χ1v) is 3.83. The first kappa shape index (κ1) is 9.88. The van der Waals surface area contributed by atoms with Crippen molar-refractivity contribution in [1.29, 1.82) is 0 Å². The summed E-state index contributed by atoms with van der Waals surface area (Å²) in [5.74, 6) is -0.868. The maximum absolute atomic E-state index is 9.57. The van der Waals surface area contributed by atoms with Gasteiger partial charge in [-0.25, -0.2) is 0 Å². The van der Waals surface area contributed by atoms with Crippen LogP contribution in [-0.4, -0.2) is 56.1 Å². The van der Waals surface area contributed by atoms with Crippen LogP contribution in [0.5, 0.6) is 0 Å². The molecule has 0 radical (unpaired) electrons. The minimum atomic E-state index is -1.77. The zero-order chi connectivity index (χ0) is 9.52. The van der Waals surface area contributed by atoms with E-state index < -0.39 is 36.4 Å². The van der Waals surface area contributed by atoms with E-state index in [-0.39, 0.29) is 0 Å². The first-order valence-electron chi connectivity index (χ1n) is 3.83. The van der Waals surface area contributed by atoms with Crippen LogP contribution in [0.3, 0.4) is 0 Å². The van der Waals surface area contributed by atoms with Gasteiger partial charge in [-0.1, -0.05) is 0 Å². The first-order chi connectivity index (χ1) is 5.46. The fourth-order valence-corrected chi connectivity index (χ4v) is 1.68. The minimum absolute atomic E-state index is 0.459. The Bertz CT molecular complexity index is 171. The predicted molar refractivity (Wildman–Crippen MR) is 39.2 cm³/mol. The standard InChI is InChI=1S/C7H14O5/c1-3(9)7(12)4(2-8)5(10)6(7)11/h3-6,8-12H,2H2,1H3/t3-,4?,5?,6?,7?/m1/s1. The van der Waals surface area contributed by atoms with Crippen molar-refractivity contribution in [2.75, 3.05) is 6.61 Å². The molecule has 1 saturated carbocycles. The predicted octanol–water partition coefficient (Wildman–Crippen LogP) is -2.56. The molecule has 4 unspecified atom stereocenters. The normalized spacial score (nSPS) is 50.0. The van der Waals surface area contributed by atoms with E-state index in [0.717, 1.165) is 0 Å². The van der Waals surface area contributed by atoms with E-state index in [1.54, 1.807) is 0 Å². The Kier molecular flexibility index (Phi) is 2.42. The van der Waals surface area contributed by atoms with Gasteiger partial charge in [-0.15, -0.1) is 0 Å². The Morgan fingerprint density at radius 1 is 1.42 bits per heavy atom. The fraction of sp³-hybridized carbons (Fsp3) is 1.00. The zero-order valence-corrected chi connectivity index (χ0v) is 6.75. The van der Waals surface area contributed by atoms with E-state index in [0.29, 0.717) is 0 Å². The molecule has 0 aliphatic heterocycles. The van der Waals surface area contributed by atoms with Crippen molar-refractivity contribution in [3.05, 3.63) is 0 Å². The molecule has 0 saturated heterocycles. The molecule has 5 N–H and O–H groups in total. The maximum Gasteiger partial charge on any atom is 0.126 e. The average Bonchev–Trinajstić information content (AvgIpc) is 2.04. The van der Waals surface area contributed by atoms with Crippen LogP contribution >= 0.6 is 0 Å². The molecule has 0 aromatic rings. The number of aliphatic hydroxyl groups excluding tert-OH is 4. The molecule has 0 amide bonds. The molecule has 0 aromatic heterocycles. The van der Waals surface area contributed by atoms with Crippen LogP contribution in [0.4, 0.5) is 0 Å². The second-order valence-corrected chi connectivity index (χ2v) is 3.29. The maximum atomic E-state index is 9.57. The van der Waals surface area contributed by atoms with Gasteiger partial charge >= 0.3 is 0 Å². The molecule has 12 heavy (non-hydrogen) atoms. The second kappa shape index (κ2) is 2.93. The summed E-state index contributed by atoms with van der Waals surface area (Å²) in [6.45, 7) is 0.845.